The third kappa shape index (κ3) is 4.72. The number of amides is 1. The lowest BCUT2D eigenvalue weighted by Crippen LogP contribution is -2.31. The van der Waals surface area contributed by atoms with Gasteiger partial charge in [0.15, 0.2) is 0 Å². The zero-order chi connectivity index (χ0) is 14.4. The average molecular weight is 267 g/mol. The molecule has 0 unspecified atom stereocenters. The van der Waals surface area contributed by atoms with Crippen molar-refractivity contribution in [3.63, 3.8) is 0 Å². The highest BCUT2D eigenvalue weighted by atomic mass is 16.6. The van der Waals surface area contributed by atoms with Gasteiger partial charge in [-0.1, -0.05) is 6.07 Å². The number of nitrogens with zero attached hydrogens (tertiary/aromatic N) is 1. The standard InChI is InChI=1S/C11H13N3O5/c12-9(11(16)17)4-5-10(15)13-7-2-1-3-8(6-7)14(18)19/h1-3,6,9H,4-5,12H2,(H,13,15)(H,16,17)/t9-/m0/s1. The van der Waals surface area contributed by atoms with Crippen LogP contribution in [0.25, 0.3) is 0 Å². The summed E-state index contributed by atoms with van der Waals surface area (Å²) in [5, 5.41) is 21.5. The maximum absolute atomic E-state index is 11.5. The lowest BCUT2D eigenvalue weighted by atomic mass is 10.1. The highest BCUT2D eigenvalue weighted by molar-refractivity contribution is 5.91. The van der Waals surface area contributed by atoms with Crippen LogP contribution in [0.1, 0.15) is 12.8 Å². The Morgan fingerprint density at radius 2 is 2.16 bits per heavy atom. The molecule has 0 radical (unpaired) electrons. The van der Waals surface area contributed by atoms with Crippen molar-refractivity contribution in [2.24, 2.45) is 5.73 Å². The number of anilines is 1. The zero-order valence-corrected chi connectivity index (χ0v) is 9.91. The molecule has 102 valence electrons. The molecule has 0 aliphatic rings. The Labute approximate surface area is 108 Å². The van der Waals surface area contributed by atoms with Gasteiger partial charge in [0.2, 0.25) is 5.91 Å². The number of benzene rings is 1. The van der Waals surface area contributed by atoms with E-state index in [2.05, 4.69) is 5.32 Å². The van der Waals surface area contributed by atoms with Gasteiger partial charge in [0, 0.05) is 24.2 Å². The maximum Gasteiger partial charge on any atom is 0.320 e. The zero-order valence-electron chi connectivity index (χ0n) is 9.91. The molecule has 19 heavy (non-hydrogen) atoms. The number of carbonyl (C=O) groups is 2. The monoisotopic (exact) mass is 267 g/mol. The number of hydrogen-bond donors (Lipinski definition) is 3. The molecule has 0 aromatic heterocycles. The van der Waals surface area contributed by atoms with Crippen molar-refractivity contribution in [1.82, 2.24) is 0 Å². The van der Waals surface area contributed by atoms with Crippen molar-refractivity contribution < 1.29 is 19.6 Å². The Balaban J connectivity index is 2.55. The number of aliphatic carboxylic acids is 1. The van der Waals surface area contributed by atoms with Gasteiger partial charge >= 0.3 is 5.97 Å². The SMILES string of the molecule is N[C@@H](CCC(=O)Nc1cccc([N+](=O)[O-])c1)C(=O)O. The first-order valence-corrected chi connectivity index (χ1v) is 5.43. The molecule has 1 rings (SSSR count). The van der Waals surface area contributed by atoms with Crippen molar-refractivity contribution in [3.8, 4) is 0 Å². The molecular formula is C11H13N3O5. The molecule has 0 aliphatic heterocycles. The largest absolute Gasteiger partial charge is 0.480 e. The van der Waals surface area contributed by atoms with Gasteiger partial charge in [-0.25, -0.2) is 0 Å². The predicted molar refractivity (Wildman–Crippen MR) is 66.6 cm³/mol. The van der Waals surface area contributed by atoms with Crippen LogP contribution in [0.15, 0.2) is 24.3 Å². The molecular weight excluding hydrogens is 254 g/mol. The number of carboxylic acids is 1. The third-order valence-electron chi connectivity index (χ3n) is 2.34. The van der Waals surface area contributed by atoms with Crippen LogP contribution in [0.3, 0.4) is 0 Å². The molecule has 0 fully saturated rings. The van der Waals surface area contributed by atoms with Crippen LogP contribution in [-0.4, -0.2) is 27.9 Å². The van der Waals surface area contributed by atoms with Crippen LogP contribution in [0, 0.1) is 10.1 Å². The summed E-state index contributed by atoms with van der Waals surface area (Å²) in [6, 6.07) is 4.36. The lowest BCUT2D eigenvalue weighted by Gasteiger charge is -2.07. The molecule has 0 heterocycles. The Bertz CT molecular complexity index is 503. The third-order valence-corrected chi connectivity index (χ3v) is 2.34. The van der Waals surface area contributed by atoms with Gasteiger partial charge in [-0.15, -0.1) is 0 Å². The summed E-state index contributed by atoms with van der Waals surface area (Å²) in [6.07, 6.45) is -0.0771. The minimum atomic E-state index is -1.18. The number of carbonyl (C=O) groups excluding carboxylic acids is 1. The van der Waals surface area contributed by atoms with Crippen molar-refractivity contribution in [2.75, 3.05) is 5.32 Å². The topological polar surface area (TPSA) is 136 Å². The minimum absolute atomic E-state index is 0.00388. The summed E-state index contributed by atoms with van der Waals surface area (Å²) in [4.78, 5) is 31.9. The number of carboxylic acid groups (broad SMARTS) is 1. The second-order valence-corrected chi connectivity index (χ2v) is 3.84. The van der Waals surface area contributed by atoms with Gasteiger partial charge in [-0.3, -0.25) is 19.7 Å². The molecule has 4 N–H and O–H groups in total. The first-order chi connectivity index (χ1) is 8.90. The summed E-state index contributed by atoms with van der Waals surface area (Å²) in [7, 11) is 0. The van der Waals surface area contributed by atoms with Crippen LogP contribution in [0.4, 0.5) is 11.4 Å². The fraction of sp³-hybridized carbons (Fsp3) is 0.273. The molecule has 1 atom stereocenters. The Morgan fingerprint density at radius 3 is 2.74 bits per heavy atom. The number of non-ortho nitro benzene ring substituents is 1. The number of nitro benzene ring substituents is 1. The van der Waals surface area contributed by atoms with Crippen LogP contribution < -0.4 is 11.1 Å². The lowest BCUT2D eigenvalue weighted by molar-refractivity contribution is -0.384. The molecule has 8 nitrogen and oxygen atoms in total. The van der Waals surface area contributed by atoms with E-state index in [4.69, 9.17) is 10.8 Å². The summed E-state index contributed by atoms with van der Waals surface area (Å²) in [6.45, 7) is 0. The summed E-state index contributed by atoms with van der Waals surface area (Å²) in [5.41, 5.74) is 5.39. The van der Waals surface area contributed by atoms with E-state index < -0.39 is 22.8 Å². The van der Waals surface area contributed by atoms with E-state index in [-0.39, 0.29) is 24.2 Å². The minimum Gasteiger partial charge on any atom is -0.480 e. The number of nitrogens with one attached hydrogen (secondary N) is 1. The van der Waals surface area contributed by atoms with E-state index in [9.17, 15) is 19.7 Å². The molecule has 1 aromatic carbocycles. The second-order valence-electron chi connectivity index (χ2n) is 3.84. The number of nitrogens with two attached hydrogens (primary N) is 1. The van der Waals surface area contributed by atoms with Gasteiger partial charge in [0.1, 0.15) is 6.04 Å². The van der Waals surface area contributed by atoms with Gasteiger partial charge in [0.05, 0.1) is 4.92 Å². The number of hydrogen-bond acceptors (Lipinski definition) is 5. The second kappa shape index (κ2) is 6.45. The van der Waals surface area contributed by atoms with Gasteiger partial charge in [0.25, 0.3) is 5.69 Å². The Hall–Kier alpha value is -2.48. The van der Waals surface area contributed by atoms with E-state index in [0.29, 0.717) is 0 Å². The highest BCUT2D eigenvalue weighted by Crippen LogP contribution is 2.17. The molecule has 0 aliphatic carbocycles. The van der Waals surface area contributed by atoms with Crippen molar-refractivity contribution >= 4 is 23.3 Å². The van der Waals surface area contributed by atoms with Gasteiger partial charge in [-0.05, 0) is 12.5 Å². The Kier molecular flexibility index (Phi) is 4.95. The van der Waals surface area contributed by atoms with Crippen LogP contribution in [0.2, 0.25) is 0 Å². The van der Waals surface area contributed by atoms with Crippen LogP contribution in [0.5, 0.6) is 0 Å². The van der Waals surface area contributed by atoms with Crippen molar-refractivity contribution in [3.05, 3.63) is 34.4 Å². The first-order valence-electron chi connectivity index (χ1n) is 5.43. The average Bonchev–Trinajstić information content (AvgIpc) is 2.36. The molecule has 0 saturated heterocycles. The number of rotatable bonds is 6. The summed E-state index contributed by atoms with van der Waals surface area (Å²) >= 11 is 0. The maximum atomic E-state index is 11.5. The van der Waals surface area contributed by atoms with Crippen LogP contribution in [-0.2, 0) is 9.59 Å². The van der Waals surface area contributed by atoms with E-state index in [1.54, 1.807) is 0 Å². The molecule has 0 bridgehead atoms. The first kappa shape index (κ1) is 14.6. The quantitative estimate of drug-likeness (QED) is 0.513. The van der Waals surface area contributed by atoms with Gasteiger partial charge in [-0.2, -0.15) is 0 Å². The van der Waals surface area contributed by atoms with E-state index in [0.717, 1.165) is 0 Å². The Morgan fingerprint density at radius 1 is 1.47 bits per heavy atom. The highest BCUT2D eigenvalue weighted by Gasteiger charge is 2.14. The molecule has 8 heteroatoms. The molecule has 1 aromatic rings. The smallest absolute Gasteiger partial charge is 0.320 e. The van der Waals surface area contributed by atoms with Crippen molar-refractivity contribution in [1.29, 1.82) is 0 Å². The van der Waals surface area contributed by atoms with Crippen LogP contribution >= 0.6 is 0 Å². The fourth-order valence-corrected chi connectivity index (χ4v) is 1.33. The van der Waals surface area contributed by atoms with E-state index >= 15 is 0 Å². The summed E-state index contributed by atoms with van der Waals surface area (Å²) < 4.78 is 0. The molecule has 1 amide bonds. The predicted octanol–water partition coefficient (Wildman–Crippen LogP) is 0.725. The van der Waals surface area contributed by atoms with E-state index in [1.807, 2.05) is 0 Å². The summed E-state index contributed by atoms with van der Waals surface area (Å²) in [5.74, 6) is -1.62. The number of nitro groups is 1. The molecule has 0 spiro atoms. The normalized spacial score (nSPS) is 11.6. The molecule has 0 saturated carbocycles. The van der Waals surface area contributed by atoms with Gasteiger partial charge < -0.3 is 16.2 Å². The van der Waals surface area contributed by atoms with E-state index in [1.165, 1.54) is 24.3 Å². The van der Waals surface area contributed by atoms with Crippen molar-refractivity contribution in [2.45, 2.75) is 18.9 Å². The fourth-order valence-electron chi connectivity index (χ4n) is 1.33.